The van der Waals surface area contributed by atoms with Gasteiger partial charge in [-0.3, -0.25) is 4.79 Å². The van der Waals surface area contributed by atoms with Gasteiger partial charge in [0, 0.05) is 25.6 Å². The zero-order valence-electron chi connectivity index (χ0n) is 8.70. The first-order valence-electron chi connectivity index (χ1n) is 5.47. The van der Waals surface area contributed by atoms with Crippen LogP contribution in [0.15, 0.2) is 0 Å². The van der Waals surface area contributed by atoms with Gasteiger partial charge in [-0.05, 0) is 19.3 Å². The van der Waals surface area contributed by atoms with Crippen LogP contribution in [0.4, 0.5) is 4.79 Å². The molecule has 0 aromatic rings. The molecule has 1 aliphatic heterocycles. The van der Waals surface area contributed by atoms with Crippen LogP contribution in [0.1, 0.15) is 19.3 Å². The highest BCUT2D eigenvalue weighted by molar-refractivity contribution is 5.80. The minimum atomic E-state index is -0.262. The van der Waals surface area contributed by atoms with Crippen molar-refractivity contribution in [1.29, 1.82) is 0 Å². The fourth-order valence-electron chi connectivity index (χ4n) is 1.60. The summed E-state index contributed by atoms with van der Waals surface area (Å²) in [6.07, 6.45) is 2.64. The molecule has 2 rings (SSSR count). The summed E-state index contributed by atoms with van der Waals surface area (Å²) in [6, 6.07) is 0. The Bertz CT molecular complexity index is 263. The highest BCUT2D eigenvalue weighted by atomic mass is 16.6. The summed E-state index contributed by atoms with van der Waals surface area (Å²) in [4.78, 5) is 24.1. The van der Waals surface area contributed by atoms with Crippen LogP contribution in [0.5, 0.6) is 0 Å². The monoisotopic (exact) mass is 212 g/mol. The minimum absolute atomic E-state index is 0.125. The van der Waals surface area contributed by atoms with Gasteiger partial charge < -0.3 is 15.0 Å². The number of amides is 2. The van der Waals surface area contributed by atoms with E-state index in [9.17, 15) is 9.59 Å². The van der Waals surface area contributed by atoms with E-state index in [1.54, 1.807) is 4.90 Å². The normalized spacial score (nSPS) is 21.1. The van der Waals surface area contributed by atoms with Crippen molar-refractivity contribution in [3.05, 3.63) is 0 Å². The summed E-state index contributed by atoms with van der Waals surface area (Å²) >= 11 is 0. The molecule has 15 heavy (non-hydrogen) atoms. The van der Waals surface area contributed by atoms with Crippen LogP contribution < -0.4 is 5.32 Å². The quantitative estimate of drug-likeness (QED) is 0.731. The van der Waals surface area contributed by atoms with Crippen LogP contribution in [0.3, 0.4) is 0 Å². The van der Waals surface area contributed by atoms with Crippen LogP contribution in [-0.2, 0) is 9.53 Å². The molecule has 1 aliphatic carbocycles. The molecular formula is C10H16N2O3. The van der Waals surface area contributed by atoms with E-state index in [4.69, 9.17) is 4.74 Å². The van der Waals surface area contributed by atoms with Crippen molar-refractivity contribution in [3.8, 4) is 0 Å². The second-order valence-electron chi connectivity index (χ2n) is 4.02. The number of ether oxygens (including phenoxy) is 1. The van der Waals surface area contributed by atoms with Crippen LogP contribution in [0, 0.1) is 5.92 Å². The van der Waals surface area contributed by atoms with Gasteiger partial charge in [-0.2, -0.15) is 0 Å². The Hall–Kier alpha value is -1.26. The van der Waals surface area contributed by atoms with Gasteiger partial charge in [-0.1, -0.05) is 0 Å². The van der Waals surface area contributed by atoms with Gasteiger partial charge in [-0.15, -0.1) is 0 Å². The van der Waals surface area contributed by atoms with E-state index < -0.39 is 0 Å². The standard InChI is InChI=1S/C10H16N2O3/c13-9(8-2-3-8)11-4-6-12-5-1-7-15-10(12)14/h8H,1-7H2,(H,11,13). The Morgan fingerprint density at radius 3 is 3.00 bits per heavy atom. The fourth-order valence-corrected chi connectivity index (χ4v) is 1.60. The van der Waals surface area contributed by atoms with Gasteiger partial charge in [0.05, 0.1) is 6.61 Å². The molecule has 2 fully saturated rings. The molecule has 2 amide bonds. The first-order chi connectivity index (χ1) is 7.27. The lowest BCUT2D eigenvalue weighted by atomic mass is 10.3. The predicted octanol–water partition coefficient (Wildman–Crippen LogP) is 0.355. The highest BCUT2D eigenvalue weighted by Crippen LogP contribution is 2.28. The maximum atomic E-state index is 11.3. The average Bonchev–Trinajstić information content (AvgIpc) is 3.04. The highest BCUT2D eigenvalue weighted by Gasteiger charge is 2.29. The average molecular weight is 212 g/mol. The zero-order chi connectivity index (χ0) is 10.7. The van der Waals surface area contributed by atoms with E-state index >= 15 is 0 Å². The Morgan fingerprint density at radius 1 is 1.53 bits per heavy atom. The van der Waals surface area contributed by atoms with Crippen molar-refractivity contribution in [2.75, 3.05) is 26.2 Å². The summed E-state index contributed by atoms with van der Waals surface area (Å²) in [7, 11) is 0. The van der Waals surface area contributed by atoms with Crippen molar-refractivity contribution < 1.29 is 14.3 Å². The number of hydrogen-bond acceptors (Lipinski definition) is 3. The molecule has 1 N–H and O–H groups in total. The number of carbonyl (C=O) groups excluding carboxylic acids is 2. The molecule has 5 nitrogen and oxygen atoms in total. The lowest BCUT2D eigenvalue weighted by molar-refractivity contribution is -0.122. The molecule has 2 aliphatic rings. The van der Waals surface area contributed by atoms with E-state index in [-0.39, 0.29) is 17.9 Å². The van der Waals surface area contributed by atoms with Gasteiger partial charge in [0.25, 0.3) is 0 Å². The topological polar surface area (TPSA) is 58.6 Å². The van der Waals surface area contributed by atoms with E-state index in [0.717, 1.165) is 25.8 Å². The molecule has 1 saturated heterocycles. The molecule has 1 heterocycles. The van der Waals surface area contributed by atoms with E-state index in [2.05, 4.69) is 5.32 Å². The number of carbonyl (C=O) groups is 2. The van der Waals surface area contributed by atoms with Gasteiger partial charge in [0.2, 0.25) is 5.91 Å². The summed E-state index contributed by atoms with van der Waals surface area (Å²) in [5.74, 6) is 0.360. The maximum absolute atomic E-state index is 11.3. The van der Waals surface area contributed by atoms with E-state index in [1.165, 1.54) is 0 Å². The Labute approximate surface area is 88.8 Å². The molecule has 5 heteroatoms. The Balaban J connectivity index is 1.63. The van der Waals surface area contributed by atoms with Crippen molar-refractivity contribution in [1.82, 2.24) is 10.2 Å². The van der Waals surface area contributed by atoms with Gasteiger partial charge in [0.1, 0.15) is 0 Å². The van der Waals surface area contributed by atoms with Gasteiger partial charge in [0.15, 0.2) is 0 Å². The Morgan fingerprint density at radius 2 is 2.33 bits per heavy atom. The third-order valence-electron chi connectivity index (χ3n) is 2.69. The lowest BCUT2D eigenvalue weighted by Gasteiger charge is -2.26. The molecular weight excluding hydrogens is 196 g/mol. The molecule has 0 aromatic heterocycles. The number of nitrogens with one attached hydrogen (secondary N) is 1. The van der Waals surface area contributed by atoms with E-state index in [1.807, 2.05) is 0 Å². The lowest BCUT2D eigenvalue weighted by Crippen LogP contribution is -2.42. The number of nitrogens with zero attached hydrogens (tertiary/aromatic N) is 1. The van der Waals surface area contributed by atoms with E-state index in [0.29, 0.717) is 19.7 Å². The number of hydrogen-bond donors (Lipinski definition) is 1. The summed E-state index contributed by atoms with van der Waals surface area (Å²) in [5, 5.41) is 2.82. The van der Waals surface area contributed by atoms with Gasteiger partial charge >= 0.3 is 6.09 Å². The third-order valence-corrected chi connectivity index (χ3v) is 2.69. The zero-order valence-corrected chi connectivity index (χ0v) is 8.70. The van der Waals surface area contributed by atoms with Crippen molar-refractivity contribution >= 4 is 12.0 Å². The first kappa shape index (κ1) is 10.3. The molecule has 0 bridgehead atoms. The summed E-state index contributed by atoms with van der Waals surface area (Å²) in [5.41, 5.74) is 0. The molecule has 84 valence electrons. The summed E-state index contributed by atoms with van der Waals surface area (Å²) < 4.78 is 4.88. The van der Waals surface area contributed by atoms with Crippen molar-refractivity contribution in [2.24, 2.45) is 5.92 Å². The number of cyclic esters (lactones) is 1. The fraction of sp³-hybridized carbons (Fsp3) is 0.800. The second-order valence-corrected chi connectivity index (χ2v) is 4.02. The third kappa shape index (κ3) is 2.84. The second kappa shape index (κ2) is 4.51. The smallest absolute Gasteiger partial charge is 0.409 e. The minimum Gasteiger partial charge on any atom is -0.449 e. The summed E-state index contributed by atoms with van der Waals surface area (Å²) in [6.45, 7) is 2.34. The Kier molecular flexibility index (Phi) is 3.08. The molecule has 0 radical (unpaired) electrons. The van der Waals surface area contributed by atoms with Crippen LogP contribution >= 0.6 is 0 Å². The maximum Gasteiger partial charge on any atom is 0.409 e. The predicted molar refractivity (Wildman–Crippen MR) is 53.3 cm³/mol. The number of rotatable bonds is 4. The molecule has 1 saturated carbocycles. The molecule has 0 unspecified atom stereocenters. The van der Waals surface area contributed by atoms with Crippen LogP contribution in [-0.4, -0.2) is 43.1 Å². The SMILES string of the molecule is O=C(NCCN1CCCOC1=O)C1CC1. The molecule has 0 aromatic carbocycles. The van der Waals surface area contributed by atoms with Crippen molar-refractivity contribution in [2.45, 2.75) is 19.3 Å². The van der Waals surface area contributed by atoms with Gasteiger partial charge in [-0.25, -0.2) is 4.79 Å². The molecule has 0 spiro atoms. The van der Waals surface area contributed by atoms with Crippen LogP contribution in [0.2, 0.25) is 0 Å². The van der Waals surface area contributed by atoms with Crippen LogP contribution in [0.25, 0.3) is 0 Å². The largest absolute Gasteiger partial charge is 0.449 e. The first-order valence-corrected chi connectivity index (χ1v) is 5.47. The van der Waals surface area contributed by atoms with Crippen molar-refractivity contribution in [3.63, 3.8) is 0 Å². The molecule has 0 atom stereocenters.